The molecule has 0 aliphatic carbocycles. The molecule has 0 atom stereocenters. The maximum atomic E-state index is 12.5. The van der Waals surface area contributed by atoms with Gasteiger partial charge in [0, 0.05) is 23.4 Å². The molecule has 0 unspecified atom stereocenters. The van der Waals surface area contributed by atoms with Crippen molar-refractivity contribution in [2.45, 2.75) is 53.5 Å². The number of nitrogens with one attached hydrogen (secondary N) is 2. The van der Waals surface area contributed by atoms with Crippen LogP contribution in [0.1, 0.15) is 65.0 Å². The number of hydrogen-bond acceptors (Lipinski definition) is 2. The minimum Gasteiger partial charge on any atom is -0.348 e. The Hall–Kier alpha value is -2.36. The summed E-state index contributed by atoms with van der Waals surface area (Å²) in [6, 6.07) is 7.90. The highest BCUT2D eigenvalue weighted by atomic mass is 16.1. The fraction of sp³-hybridized carbons (Fsp3) is 0.400. The fourth-order valence-electron chi connectivity index (χ4n) is 2.85. The van der Waals surface area contributed by atoms with Gasteiger partial charge < -0.3 is 10.3 Å². The first-order chi connectivity index (χ1) is 11.3. The van der Waals surface area contributed by atoms with Crippen LogP contribution in [0, 0.1) is 13.8 Å². The molecule has 1 aromatic carbocycles. The van der Waals surface area contributed by atoms with Gasteiger partial charge in [0.2, 0.25) is 0 Å². The van der Waals surface area contributed by atoms with Crippen LogP contribution in [-0.2, 0) is 13.0 Å². The van der Waals surface area contributed by atoms with Crippen molar-refractivity contribution in [2.24, 2.45) is 0 Å². The third-order valence-electron chi connectivity index (χ3n) is 4.34. The number of hydrogen-bond donors (Lipinski definition) is 2. The topological polar surface area (TPSA) is 62.0 Å². The van der Waals surface area contributed by atoms with Crippen LogP contribution < -0.4 is 10.9 Å². The molecule has 0 aliphatic heterocycles. The zero-order valence-electron chi connectivity index (χ0n) is 15.1. The van der Waals surface area contributed by atoms with Gasteiger partial charge in [-0.15, -0.1) is 0 Å². The molecule has 0 bridgehead atoms. The van der Waals surface area contributed by atoms with Gasteiger partial charge in [0.1, 0.15) is 0 Å². The molecule has 0 radical (unpaired) electrons. The average Bonchev–Trinajstić information content (AvgIpc) is 2.52. The molecular weight excluding hydrogens is 300 g/mol. The van der Waals surface area contributed by atoms with Crippen molar-refractivity contribution < 1.29 is 4.79 Å². The molecule has 4 nitrogen and oxygen atoms in total. The SMILES string of the molecule is CCc1cc(C(C)C)ccc1C(=O)NCc1c(C)cc(C)[nH]c1=O. The van der Waals surface area contributed by atoms with Crippen molar-refractivity contribution >= 4 is 5.91 Å². The van der Waals surface area contributed by atoms with Crippen molar-refractivity contribution in [2.75, 3.05) is 0 Å². The lowest BCUT2D eigenvalue weighted by atomic mass is 9.95. The minimum absolute atomic E-state index is 0.137. The van der Waals surface area contributed by atoms with Gasteiger partial charge in [-0.3, -0.25) is 9.59 Å². The van der Waals surface area contributed by atoms with Crippen LogP contribution in [0.25, 0.3) is 0 Å². The molecule has 128 valence electrons. The quantitative estimate of drug-likeness (QED) is 0.882. The van der Waals surface area contributed by atoms with Gasteiger partial charge in [-0.1, -0.05) is 32.9 Å². The first kappa shape index (κ1) is 18.0. The summed E-state index contributed by atoms with van der Waals surface area (Å²) in [4.78, 5) is 27.4. The van der Waals surface area contributed by atoms with E-state index in [2.05, 4.69) is 30.2 Å². The highest BCUT2D eigenvalue weighted by Crippen LogP contribution is 2.19. The molecule has 1 heterocycles. The second-order valence-electron chi connectivity index (χ2n) is 6.55. The lowest BCUT2D eigenvalue weighted by Crippen LogP contribution is -2.28. The second-order valence-corrected chi connectivity index (χ2v) is 6.55. The van der Waals surface area contributed by atoms with E-state index in [-0.39, 0.29) is 18.0 Å². The van der Waals surface area contributed by atoms with Crippen LogP contribution >= 0.6 is 0 Å². The molecule has 2 rings (SSSR count). The number of rotatable bonds is 5. The number of H-pyrrole nitrogens is 1. The number of aryl methyl sites for hydroxylation is 3. The van der Waals surface area contributed by atoms with Crippen LogP contribution in [0.4, 0.5) is 0 Å². The number of benzene rings is 1. The highest BCUT2D eigenvalue weighted by molar-refractivity contribution is 5.95. The standard InChI is InChI=1S/C20H26N2O2/c1-6-15-10-16(12(2)3)7-8-17(15)19(23)21-11-18-13(4)9-14(5)22-20(18)24/h7-10,12H,6,11H2,1-5H3,(H,21,23)(H,22,24). The first-order valence-electron chi connectivity index (χ1n) is 8.43. The molecule has 0 saturated carbocycles. The summed E-state index contributed by atoms with van der Waals surface area (Å²) >= 11 is 0. The molecule has 4 heteroatoms. The Morgan fingerprint density at radius 3 is 2.50 bits per heavy atom. The maximum absolute atomic E-state index is 12.5. The minimum atomic E-state index is -0.140. The Balaban J connectivity index is 2.20. The molecule has 2 aromatic rings. The Morgan fingerprint density at radius 1 is 1.21 bits per heavy atom. The van der Waals surface area contributed by atoms with Gasteiger partial charge in [-0.2, -0.15) is 0 Å². The van der Waals surface area contributed by atoms with Gasteiger partial charge in [0.05, 0.1) is 0 Å². The van der Waals surface area contributed by atoms with Crippen LogP contribution in [0.3, 0.4) is 0 Å². The van der Waals surface area contributed by atoms with Crippen molar-refractivity contribution in [1.82, 2.24) is 10.3 Å². The average molecular weight is 326 g/mol. The molecule has 0 saturated heterocycles. The van der Waals surface area contributed by atoms with E-state index in [4.69, 9.17) is 0 Å². The zero-order valence-corrected chi connectivity index (χ0v) is 15.1. The Kier molecular flexibility index (Phi) is 5.60. The lowest BCUT2D eigenvalue weighted by molar-refractivity contribution is 0.0950. The Morgan fingerprint density at radius 2 is 1.92 bits per heavy atom. The Bertz CT molecular complexity index is 804. The molecule has 24 heavy (non-hydrogen) atoms. The number of carbonyl (C=O) groups excluding carboxylic acids is 1. The van der Waals surface area contributed by atoms with Crippen LogP contribution in [0.2, 0.25) is 0 Å². The molecule has 1 amide bonds. The lowest BCUT2D eigenvalue weighted by Gasteiger charge is -2.13. The van der Waals surface area contributed by atoms with E-state index in [1.54, 1.807) is 0 Å². The third-order valence-corrected chi connectivity index (χ3v) is 4.34. The van der Waals surface area contributed by atoms with E-state index in [0.29, 0.717) is 17.0 Å². The van der Waals surface area contributed by atoms with E-state index in [1.165, 1.54) is 5.56 Å². The van der Waals surface area contributed by atoms with Gasteiger partial charge in [0.15, 0.2) is 0 Å². The molecule has 0 aliphatic rings. The van der Waals surface area contributed by atoms with Gasteiger partial charge in [-0.05, 0) is 55.0 Å². The van der Waals surface area contributed by atoms with Crippen LogP contribution in [-0.4, -0.2) is 10.9 Å². The first-order valence-corrected chi connectivity index (χ1v) is 8.43. The van der Waals surface area contributed by atoms with E-state index in [0.717, 1.165) is 23.2 Å². The fourth-order valence-corrected chi connectivity index (χ4v) is 2.85. The number of pyridine rings is 1. The van der Waals surface area contributed by atoms with E-state index in [1.807, 2.05) is 39.0 Å². The van der Waals surface area contributed by atoms with E-state index in [9.17, 15) is 9.59 Å². The predicted molar refractivity (Wildman–Crippen MR) is 97.6 cm³/mol. The third kappa shape index (κ3) is 3.94. The van der Waals surface area contributed by atoms with E-state index < -0.39 is 0 Å². The number of carbonyl (C=O) groups is 1. The summed E-state index contributed by atoms with van der Waals surface area (Å²) < 4.78 is 0. The molecule has 0 fully saturated rings. The number of amides is 1. The summed E-state index contributed by atoms with van der Waals surface area (Å²) in [5.41, 5.74) is 5.13. The molecular formula is C20H26N2O2. The van der Waals surface area contributed by atoms with Crippen molar-refractivity contribution in [3.05, 3.63) is 68.1 Å². The normalized spacial score (nSPS) is 10.9. The van der Waals surface area contributed by atoms with Crippen molar-refractivity contribution in [1.29, 1.82) is 0 Å². The zero-order chi connectivity index (χ0) is 17.9. The summed E-state index contributed by atoms with van der Waals surface area (Å²) in [5.74, 6) is 0.294. The maximum Gasteiger partial charge on any atom is 0.253 e. The summed E-state index contributed by atoms with van der Waals surface area (Å²) in [7, 11) is 0. The Labute approximate surface area is 143 Å². The van der Waals surface area contributed by atoms with Gasteiger partial charge in [-0.25, -0.2) is 0 Å². The molecule has 0 spiro atoms. The smallest absolute Gasteiger partial charge is 0.253 e. The van der Waals surface area contributed by atoms with Crippen LogP contribution in [0.15, 0.2) is 29.1 Å². The highest BCUT2D eigenvalue weighted by Gasteiger charge is 2.13. The van der Waals surface area contributed by atoms with Crippen molar-refractivity contribution in [3.63, 3.8) is 0 Å². The molecule has 2 N–H and O–H groups in total. The monoisotopic (exact) mass is 326 g/mol. The van der Waals surface area contributed by atoms with Crippen molar-refractivity contribution in [3.8, 4) is 0 Å². The summed E-state index contributed by atoms with van der Waals surface area (Å²) in [6.45, 7) is 10.3. The largest absolute Gasteiger partial charge is 0.348 e. The van der Waals surface area contributed by atoms with Crippen LogP contribution in [0.5, 0.6) is 0 Å². The van der Waals surface area contributed by atoms with Gasteiger partial charge in [0.25, 0.3) is 11.5 Å². The molecule has 1 aromatic heterocycles. The summed E-state index contributed by atoms with van der Waals surface area (Å²) in [5, 5.41) is 2.88. The van der Waals surface area contributed by atoms with Gasteiger partial charge >= 0.3 is 0 Å². The summed E-state index contributed by atoms with van der Waals surface area (Å²) in [6.07, 6.45) is 0.799. The number of aromatic amines is 1. The number of aromatic nitrogens is 1. The second kappa shape index (κ2) is 7.47. The van der Waals surface area contributed by atoms with E-state index >= 15 is 0 Å². The predicted octanol–water partition coefficient (Wildman–Crippen LogP) is 3.61.